The van der Waals surface area contributed by atoms with Crippen LogP contribution in [0.5, 0.6) is 0 Å². The van der Waals surface area contributed by atoms with Gasteiger partial charge in [-0.05, 0) is 43.7 Å². The molecule has 2 amide bonds. The highest BCUT2D eigenvalue weighted by atomic mass is 16.2. The number of para-hydroxylation sites is 1. The minimum atomic E-state index is -0.161. The third-order valence-corrected chi connectivity index (χ3v) is 4.58. The SMILES string of the molecule is Cc1nn(-c2ccccc2)c(C)c1C(=O)NCc1ccc(C(=O)N(C)C)cc1. The molecule has 1 N–H and O–H groups in total. The Morgan fingerprint density at radius 3 is 2.25 bits per heavy atom. The van der Waals surface area contributed by atoms with Gasteiger partial charge in [0.15, 0.2) is 0 Å². The van der Waals surface area contributed by atoms with Gasteiger partial charge in [0, 0.05) is 26.2 Å². The molecule has 0 atom stereocenters. The summed E-state index contributed by atoms with van der Waals surface area (Å²) in [6.07, 6.45) is 0. The van der Waals surface area contributed by atoms with Crippen LogP contribution in [0.2, 0.25) is 0 Å². The summed E-state index contributed by atoms with van der Waals surface area (Å²) in [4.78, 5) is 26.2. The lowest BCUT2D eigenvalue weighted by Gasteiger charge is -2.11. The first-order valence-corrected chi connectivity index (χ1v) is 9.09. The van der Waals surface area contributed by atoms with Crippen LogP contribution in [0.1, 0.15) is 37.7 Å². The van der Waals surface area contributed by atoms with Gasteiger partial charge < -0.3 is 10.2 Å². The van der Waals surface area contributed by atoms with E-state index in [1.54, 1.807) is 30.9 Å². The molecule has 0 aliphatic rings. The van der Waals surface area contributed by atoms with Crippen LogP contribution in [0.3, 0.4) is 0 Å². The number of hydrogen-bond acceptors (Lipinski definition) is 3. The maximum atomic E-state index is 12.7. The van der Waals surface area contributed by atoms with Gasteiger partial charge in [-0.3, -0.25) is 9.59 Å². The third-order valence-electron chi connectivity index (χ3n) is 4.58. The second-order valence-electron chi connectivity index (χ2n) is 6.87. The van der Waals surface area contributed by atoms with Crippen molar-refractivity contribution in [3.8, 4) is 5.69 Å². The highest BCUT2D eigenvalue weighted by Gasteiger charge is 2.19. The topological polar surface area (TPSA) is 67.2 Å². The minimum Gasteiger partial charge on any atom is -0.348 e. The molecule has 6 heteroatoms. The second kappa shape index (κ2) is 8.08. The van der Waals surface area contributed by atoms with Crippen LogP contribution in [0.25, 0.3) is 5.69 Å². The van der Waals surface area contributed by atoms with E-state index < -0.39 is 0 Å². The van der Waals surface area contributed by atoms with E-state index in [9.17, 15) is 9.59 Å². The van der Waals surface area contributed by atoms with Crippen molar-refractivity contribution in [2.24, 2.45) is 0 Å². The average Bonchev–Trinajstić information content (AvgIpc) is 3.00. The van der Waals surface area contributed by atoms with Crippen molar-refractivity contribution >= 4 is 11.8 Å². The van der Waals surface area contributed by atoms with E-state index in [0.717, 1.165) is 16.9 Å². The Kier molecular flexibility index (Phi) is 5.59. The van der Waals surface area contributed by atoms with Crippen molar-refractivity contribution in [2.75, 3.05) is 14.1 Å². The molecule has 0 saturated heterocycles. The van der Waals surface area contributed by atoms with Crippen LogP contribution in [-0.4, -0.2) is 40.6 Å². The second-order valence-corrected chi connectivity index (χ2v) is 6.87. The quantitative estimate of drug-likeness (QED) is 0.744. The Labute approximate surface area is 164 Å². The average molecular weight is 376 g/mol. The molecular formula is C22H24N4O2. The zero-order chi connectivity index (χ0) is 20.3. The predicted molar refractivity (Wildman–Crippen MR) is 109 cm³/mol. The highest BCUT2D eigenvalue weighted by molar-refractivity contribution is 5.96. The van der Waals surface area contributed by atoms with Gasteiger partial charge in [0.25, 0.3) is 11.8 Å². The third kappa shape index (κ3) is 3.96. The Bertz CT molecular complexity index is 989. The Morgan fingerprint density at radius 2 is 1.64 bits per heavy atom. The van der Waals surface area contributed by atoms with Gasteiger partial charge >= 0.3 is 0 Å². The first-order chi connectivity index (χ1) is 13.4. The Morgan fingerprint density at radius 1 is 1.00 bits per heavy atom. The largest absolute Gasteiger partial charge is 0.348 e. The molecule has 0 bridgehead atoms. The predicted octanol–water partition coefficient (Wildman–Crippen LogP) is 3.12. The molecule has 144 valence electrons. The number of rotatable bonds is 5. The standard InChI is InChI=1S/C22H24N4O2/c1-15-20(16(2)26(24-15)19-8-6-5-7-9-19)21(27)23-14-17-10-12-18(13-11-17)22(28)25(3)4/h5-13H,14H2,1-4H3,(H,23,27). The molecule has 0 unspecified atom stereocenters. The van der Waals surface area contributed by atoms with Crippen LogP contribution >= 0.6 is 0 Å². The first-order valence-electron chi connectivity index (χ1n) is 9.09. The molecule has 1 aromatic heterocycles. The zero-order valence-electron chi connectivity index (χ0n) is 16.6. The molecule has 0 radical (unpaired) electrons. The molecule has 28 heavy (non-hydrogen) atoms. The molecular weight excluding hydrogens is 352 g/mol. The van der Waals surface area contributed by atoms with E-state index in [4.69, 9.17) is 0 Å². The molecule has 0 aliphatic heterocycles. The molecule has 0 fully saturated rings. The summed E-state index contributed by atoms with van der Waals surface area (Å²) in [7, 11) is 3.44. The van der Waals surface area contributed by atoms with Crippen LogP contribution in [0, 0.1) is 13.8 Å². The van der Waals surface area contributed by atoms with E-state index >= 15 is 0 Å². The molecule has 3 rings (SSSR count). The molecule has 6 nitrogen and oxygen atoms in total. The van der Waals surface area contributed by atoms with Gasteiger partial charge in [-0.25, -0.2) is 4.68 Å². The van der Waals surface area contributed by atoms with Gasteiger partial charge in [0.2, 0.25) is 0 Å². The molecule has 0 saturated carbocycles. The van der Waals surface area contributed by atoms with Crippen LogP contribution in [-0.2, 0) is 6.54 Å². The lowest BCUT2D eigenvalue weighted by molar-refractivity contribution is 0.0827. The van der Waals surface area contributed by atoms with Gasteiger partial charge in [-0.15, -0.1) is 0 Å². The van der Waals surface area contributed by atoms with Crippen molar-refractivity contribution < 1.29 is 9.59 Å². The van der Waals surface area contributed by atoms with E-state index in [-0.39, 0.29) is 11.8 Å². The number of nitrogens with one attached hydrogen (secondary N) is 1. The summed E-state index contributed by atoms with van der Waals surface area (Å²) in [6, 6.07) is 17.0. The van der Waals surface area contributed by atoms with Crippen molar-refractivity contribution in [3.05, 3.63) is 82.7 Å². The lowest BCUT2D eigenvalue weighted by Crippen LogP contribution is -2.24. The number of hydrogen-bond donors (Lipinski definition) is 1. The fourth-order valence-electron chi connectivity index (χ4n) is 3.09. The van der Waals surface area contributed by atoms with Crippen molar-refractivity contribution in [3.63, 3.8) is 0 Å². The molecule has 2 aromatic carbocycles. The van der Waals surface area contributed by atoms with E-state index in [1.807, 2.05) is 56.3 Å². The Balaban J connectivity index is 1.72. The summed E-state index contributed by atoms with van der Waals surface area (Å²) in [6.45, 7) is 4.11. The monoisotopic (exact) mass is 376 g/mol. The number of carbonyl (C=O) groups is 2. The lowest BCUT2D eigenvalue weighted by atomic mass is 10.1. The molecule has 3 aromatic rings. The molecule has 1 heterocycles. The van der Waals surface area contributed by atoms with E-state index in [0.29, 0.717) is 23.4 Å². The van der Waals surface area contributed by atoms with Gasteiger partial charge in [0.1, 0.15) is 0 Å². The van der Waals surface area contributed by atoms with Gasteiger partial charge in [-0.2, -0.15) is 5.10 Å². The fourth-order valence-corrected chi connectivity index (χ4v) is 3.09. The zero-order valence-corrected chi connectivity index (χ0v) is 16.6. The number of carbonyl (C=O) groups excluding carboxylic acids is 2. The number of nitrogens with zero attached hydrogens (tertiary/aromatic N) is 3. The highest BCUT2D eigenvalue weighted by Crippen LogP contribution is 2.18. The van der Waals surface area contributed by atoms with Crippen molar-refractivity contribution in [1.29, 1.82) is 0 Å². The maximum absolute atomic E-state index is 12.7. The first kappa shape index (κ1) is 19.4. The summed E-state index contributed by atoms with van der Waals surface area (Å²) in [5.74, 6) is -0.208. The summed E-state index contributed by atoms with van der Waals surface area (Å²) < 4.78 is 1.78. The maximum Gasteiger partial charge on any atom is 0.255 e. The normalized spacial score (nSPS) is 10.6. The summed E-state index contributed by atoms with van der Waals surface area (Å²) in [5, 5.41) is 7.46. The molecule has 0 spiro atoms. The van der Waals surface area contributed by atoms with E-state index in [2.05, 4.69) is 10.4 Å². The molecule has 0 aliphatic carbocycles. The Hall–Kier alpha value is -3.41. The fraction of sp³-hybridized carbons (Fsp3) is 0.227. The van der Waals surface area contributed by atoms with E-state index in [1.165, 1.54) is 4.90 Å². The van der Waals surface area contributed by atoms with Crippen LogP contribution < -0.4 is 5.32 Å². The number of aromatic nitrogens is 2. The summed E-state index contributed by atoms with van der Waals surface area (Å²) >= 11 is 0. The smallest absolute Gasteiger partial charge is 0.255 e. The van der Waals surface area contributed by atoms with Gasteiger partial charge in [0.05, 0.1) is 22.6 Å². The number of aryl methyl sites for hydroxylation is 1. The van der Waals surface area contributed by atoms with Crippen molar-refractivity contribution in [1.82, 2.24) is 20.0 Å². The summed E-state index contributed by atoms with van der Waals surface area (Å²) in [5.41, 5.74) is 4.54. The number of amides is 2. The van der Waals surface area contributed by atoms with Crippen LogP contribution in [0.4, 0.5) is 0 Å². The number of benzene rings is 2. The van der Waals surface area contributed by atoms with Crippen LogP contribution in [0.15, 0.2) is 54.6 Å². The minimum absolute atomic E-state index is 0.0461. The van der Waals surface area contributed by atoms with Gasteiger partial charge in [-0.1, -0.05) is 30.3 Å². The van der Waals surface area contributed by atoms with Crippen molar-refractivity contribution in [2.45, 2.75) is 20.4 Å².